The second-order valence-corrected chi connectivity index (χ2v) is 7.72. The zero-order valence-corrected chi connectivity index (χ0v) is 16.7. The summed E-state index contributed by atoms with van der Waals surface area (Å²) in [6.45, 7) is 0.202. The molecule has 1 aliphatic rings. The molecule has 26 heavy (non-hydrogen) atoms. The number of β-amino-alcohol motifs (C(OH)–C–C–N with tert-alkyl or cyclic N) is 1. The maximum Gasteiger partial charge on any atom is 0.328 e. The van der Waals surface area contributed by atoms with Crippen LogP contribution in [0, 0.1) is 0 Å². The van der Waals surface area contributed by atoms with Crippen molar-refractivity contribution < 1.29 is 14.6 Å². The molecule has 2 atom stereocenters. The van der Waals surface area contributed by atoms with Gasteiger partial charge in [0.2, 0.25) is 5.13 Å². The molecular weight excluding hydrogens is 423 g/mol. The number of anilines is 1. The third-order valence-corrected chi connectivity index (χ3v) is 5.77. The lowest BCUT2D eigenvalue weighted by molar-refractivity contribution is 0.183. The highest BCUT2D eigenvalue weighted by Crippen LogP contribution is 2.37. The van der Waals surface area contributed by atoms with Crippen molar-refractivity contribution >= 4 is 57.3 Å². The first-order valence-corrected chi connectivity index (χ1v) is 9.75. The second kappa shape index (κ2) is 8.14. The molecule has 7 nitrogen and oxygen atoms in total. The number of halogens is 3. The largest absolute Gasteiger partial charge is 0.482 e. The minimum Gasteiger partial charge on any atom is -0.482 e. The highest BCUT2D eigenvalue weighted by atomic mass is 35.5. The minimum atomic E-state index is -0.969. The van der Waals surface area contributed by atoms with Gasteiger partial charge in [-0.05, 0) is 12.1 Å². The van der Waals surface area contributed by atoms with E-state index in [4.69, 9.17) is 39.5 Å². The molecule has 0 radical (unpaired) electrons. The van der Waals surface area contributed by atoms with E-state index in [0.717, 1.165) is 11.3 Å². The van der Waals surface area contributed by atoms with Crippen LogP contribution in [0.4, 0.5) is 9.93 Å². The van der Waals surface area contributed by atoms with E-state index in [1.54, 1.807) is 25.2 Å². The average Bonchev–Trinajstić information content (AvgIpc) is 3.16. The van der Waals surface area contributed by atoms with Crippen LogP contribution in [-0.2, 0) is 0 Å². The molecule has 1 aromatic heterocycles. The fourth-order valence-electron chi connectivity index (χ4n) is 2.44. The average molecular weight is 438 g/mol. The number of ether oxygens (including phenoxy) is 1. The third kappa shape index (κ3) is 3.84. The molecule has 3 rings (SSSR count). The van der Waals surface area contributed by atoms with E-state index in [9.17, 15) is 9.90 Å². The van der Waals surface area contributed by atoms with E-state index in [1.165, 1.54) is 9.80 Å². The quantitative estimate of drug-likeness (QED) is 0.696. The predicted octanol–water partition coefficient (Wildman–Crippen LogP) is 3.78. The Hall–Kier alpha value is -1.32. The topological polar surface area (TPSA) is 78.8 Å². The molecule has 0 bridgehead atoms. The summed E-state index contributed by atoms with van der Waals surface area (Å²) in [6, 6.07) is 4.74. The smallest absolute Gasteiger partial charge is 0.328 e. The Morgan fingerprint density at radius 1 is 1.42 bits per heavy atom. The van der Waals surface area contributed by atoms with Crippen LogP contribution < -0.4 is 9.64 Å². The molecule has 2 aromatic rings. The highest BCUT2D eigenvalue weighted by Gasteiger charge is 2.37. The Morgan fingerprint density at radius 2 is 2.19 bits per heavy atom. The monoisotopic (exact) mass is 436 g/mol. The number of benzene rings is 1. The third-order valence-electron chi connectivity index (χ3n) is 3.74. The van der Waals surface area contributed by atoms with Gasteiger partial charge in [-0.25, -0.2) is 9.69 Å². The normalized spacial score (nSPS) is 18.5. The van der Waals surface area contributed by atoms with E-state index in [0.29, 0.717) is 38.2 Å². The standard InChI is InChI=1S/C15H15Cl3N4O3S/c1-21-7-11(23)22(15(21)24)14-20-19-13(26-14)10(5-6-16)25-9-4-2-3-8(17)12(9)18/h2-4,10-11,23H,5-7H2,1H3. The summed E-state index contributed by atoms with van der Waals surface area (Å²) in [7, 11) is 1.61. The Morgan fingerprint density at radius 3 is 2.85 bits per heavy atom. The van der Waals surface area contributed by atoms with E-state index in [-0.39, 0.29) is 12.6 Å². The van der Waals surface area contributed by atoms with Gasteiger partial charge in [0.25, 0.3) is 0 Å². The number of likely N-dealkylation sites (N-methyl/N-ethyl adjacent to an activating group) is 1. The van der Waals surface area contributed by atoms with Crippen LogP contribution in [0.25, 0.3) is 0 Å². The van der Waals surface area contributed by atoms with Gasteiger partial charge in [-0.3, -0.25) is 0 Å². The molecule has 1 aromatic carbocycles. The molecule has 1 N–H and O–H groups in total. The number of carbonyl (C=O) groups excluding carboxylic acids is 1. The predicted molar refractivity (Wildman–Crippen MR) is 102 cm³/mol. The van der Waals surface area contributed by atoms with Gasteiger partial charge in [0, 0.05) is 19.3 Å². The van der Waals surface area contributed by atoms with Crippen molar-refractivity contribution in [3.63, 3.8) is 0 Å². The maximum absolute atomic E-state index is 12.1. The molecule has 2 heterocycles. The van der Waals surface area contributed by atoms with Gasteiger partial charge < -0.3 is 14.7 Å². The number of alkyl halides is 1. The second-order valence-electron chi connectivity index (χ2n) is 5.57. The molecule has 0 spiro atoms. The first-order valence-electron chi connectivity index (χ1n) is 7.64. The van der Waals surface area contributed by atoms with Gasteiger partial charge in [0.15, 0.2) is 17.3 Å². The number of aliphatic hydroxyl groups is 1. The van der Waals surface area contributed by atoms with E-state index in [2.05, 4.69) is 10.2 Å². The minimum absolute atomic E-state index is 0.202. The van der Waals surface area contributed by atoms with Crippen molar-refractivity contribution in [3.8, 4) is 5.75 Å². The molecule has 0 aliphatic carbocycles. The zero-order valence-electron chi connectivity index (χ0n) is 13.6. The number of rotatable bonds is 6. The van der Waals surface area contributed by atoms with Crippen LogP contribution in [0.5, 0.6) is 5.75 Å². The van der Waals surface area contributed by atoms with Gasteiger partial charge in [0.05, 0.1) is 11.6 Å². The lowest BCUT2D eigenvalue weighted by atomic mass is 10.3. The number of nitrogens with zero attached hydrogens (tertiary/aromatic N) is 4. The Labute approximate surface area is 169 Å². The number of hydrogen-bond acceptors (Lipinski definition) is 6. The molecule has 1 fully saturated rings. The number of hydrogen-bond donors (Lipinski definition) is 1. The fraction of sp³-hybridized carbons (Fsp3) is 0.400. The maximum atomic E-state index is 12.1. The van der Waals surface area contributed by atoms with Crippen molar-refractivity contribution in [1.82, 2.24) is 15.1 Å². The van der Waals surface area contributed by atoms with Crippen LogP contribution >= 0.6 is 46.1 Å². The summed E-state index contributed by atoms with van der Waals surface area (Å²) in [6.07, 6.45) is -1.03. The molecule has 140 valence electrons. The van der Waals surface area contributed by atoms with Crippen molar-refractivity contribution in [2.75, 3.05) is 24.4 Å². The molecular formula is C15H15Cl3N4O3S. The molecule has 1 aliphatic heterocycles. The SMILES string of the molecule is CN1CC(O)N(c2nnc(C(CCCl)Oc3cccc(Cl)c3Cl)s2)C1=O. The van der Waals surface area contributed by atoms with E-state index < -0.39 is 12.3 Å². The summed E-state index contributed by atoms with van der Waals surface area (Å²) in [4.78, 5) is 14.7. The van der Waals surface area contributed by atoms with Crippen molar-refractivity contribution in [1.29, 1.82) is 0 Å². The molecule has 2 unspecified atom stereocenters. The van der Waals surface area contributed by atoms with Crippen LogP contribution in [0.3, 0.4) is 0 Å². The molecule has 1 saturated heterocycles. The summed E-state index contributed by atoms with van der Waals surface area (Å²) in [5.41, 5.74) is 0. The number of carbonyl (C=O) groups is 1. The van der Waals surface area contributed by atoms with Crippen molar-refractivity contribution in [3.05, 3.63) is 33.3 Å². The highest BCUT2D eigenvalue weighted by molar-refractivity contribution is 7.15. The van der Waals surface area contributed by atoms with Crippen LogP contribution in [-0.4, -0.2) is 51.9 Å². The van der Waals surface area contributed by atoms with E-state index in [1.807, 2.05) is 0 Å². The Bertz CT molecular complexity index is 806. The molecule has 2 amide bonds. The number of amides is 2. The number of aromatic nitrogens is 2. The van der Waals surface area contributed by atoms with Crippen molar-refractivity contribution in [2.24, 2.45) is 0 Å². The van der Waals surface area contributed by atoms with Gasteiger partial charge in [-0.15, -0.1) is 21.8 Å². The summed E-state index contributed by atoms with van der Waals surface area (Å²) >= 11 is 19.2. The first-order chi connectivity index (χ1) is 12.4. The fourth-order valence-corrected chi connectivity index (χ4v) is 3.92. The zero-order chi connectivity index (χ0) is 18.8. The van der Waals surface area contributed by atoms with Crippen LogP contribution in [0.15, 0.2) is 18.2 Å². The van der Waals surface area contributed by atoms with Crippen LogP contribution in [0.2, 0.25) is 10.0 Å². The van der Waals surface area contributed by atoms with Gasteiger partial charge in [-0.1, -0.05) is 40.6 Å². The Kier molecular flexibility index (Phi) is 6.09. The summed E-state index contributed by atoms with van der Waals surface area (Å²) in [5, 5.41) is 19.7. The summed E-state index contributed by atoms with van der Waals surface area (Å²) in [5.74, 6) is 0.731. The van der Waals surface area contributed by atoms with Crippen molar-refractivity contribution in [2.45, 2.75) is 18.8 Å². The van der Waals surface area contributed by atoms with Crippen LogP contribution in [0.1, 0.15) is 17.5 Å². The van der Waals surface area contributed by atoms with E-state index >= 15 is 0 Å². The van der Waals surface area contributed by atoms with Gasteiger partial charge >= 0.3 is 6.03 Å². The van der Waals surface area contributed by atoms with Gasteiger partial charge in [0.1, 0.15) is 10.8 Å². The summed E-state index contributed by atoms with van der Waals surface area (Å²) < 4.78 is 5.93. The Balaban J connectivity index is 1.84. The number of aliphatic hydroxyl groups excluding tert-OH is 1. The lowest BCUT2D eigenvalue weighted by Crippen LogP contribution is -2.34. The number of urea groups is 1. The van der Waals surface area contributed by atoms with Gasteiger partial charge in [-0.2, -0.15) is 0 Å². The lowest BCUT2D eigenvalue weighted by Gasteiger charge is -2.17. The molecule has 11 heteroatoms. The first kappa shape index (κ1) is 19.4. The molecule has 0 saturated carbocycles.